The van der Waals surface area contributed by atoms with E-state index in [1.54, 1.807) is 0 Å². The van der Waals surface area contributed by atoms with Gasteiger partial charge in [-0.2, -0.15) is 0 Å². The third-order valence-corrected chi connectivity index (χ3v) is 7.10. The second-order valence-corrected chi connectivity index (χ2v) is 14.5. The Morgan fingerprint density at radius 2 is 1.85 bits per heavy atom. The highest BCUT2D eigenvalue weighted by atomic mass is 32.2. The molecule has 0 radical (unpaired) electrons. The topological polar surface area (TPSA) is 116 Å². The molecule has 0 aromatic heterocycles. The zero-order valence-electron chi connectivity index (χ0n) is 15.3. The summed E-state index contributed by atoms with van der Waals surface area (Å²) in [6.45, 7) is 9.80. The smallest absolute Gasteiger partial charge is 0.335 e. The second kappa shape index (κ2) is 8.56. The first kappa shape index (κ1) is 22.0. The summed E-state index contributed by atoms with van der Waals surface area (Å²) in [6.07, 6.45) is 0. The number of nitrogens with zero attached hydrogens (tertiary/aromatic N) is 1. The number of benzene rings is 1. The van der Waals surface area contributed by atoms with E-state index in [2.05, 4.69) is 35.7 Å². The Labute approximate surface area is 154 Å². The molecule has 1 N–H and O–H groups in total. The molecular weight excluding hydrogens is 376 g/mol. The van der Waals surface area contributed by atoms with E-state index in [1.807, 2.05) is 0 Å². The van der Waals surface area contributed by atoms with Gasteiger partial charge in [0.15, 0.2) is 0 Å². The molecule has 0 fully saturated rings. The van der Waals surface area contributed by atoms with E-state index in [0.717, 1.165) is 0 Å². The van der Waals surface area contributed by atoms with Crippen LogP contribution in [-0.2, 0) is 19.6 Å². The molecule has 0 bridgehead atoms. The third-order valence-electron chi connectivity index (χ3n) is 3.65. The number of methoxy groups -OCH3 is 1. The SMILES string of the molecule is C=C(C(=O)OC)C(NS(=O)(=O)CC[Si](C)(C)C)c1ccc([N+](=O)[O-])cc1. The first-order valence-electron chi connectivity index (χ1n) is 7.88. The maximum Gasteiger partial charge on any atom is 0.335 e. The molecule has 0 spiro atoms. The summed E-state index contributed by atoms with van der Waals surface area (Å²) in [5.41, 5.74) is 0.123. The number of nitrogens with one attached hydrogen (secondary N) is 1. The quantitative estimate of drug-likeness (QED) is 0.224. The molecule has 0 aliphatic rings. The van der Waals surface area contributed by atoms with E-state index in [0.29, 0.717) is 11.6 Å². The fraction of sp³-hybridized carbons (Fsp3) is 0.438. The lowest BCUT2D eigenvalue weighted by atomic mass is 10.0. The van der Waals surface area contributed by atoms with Crippen molar-refractivity contribution in [1.29, 1.82) is 0 Å². The summed E-state index contributed by atoms with van der Waals surface area (Å²) in [7, 11) is -4.11. The number of rotatable bonds is 9. The van der Waals surface area contributed by atoms with E-state index in [1.165, 1.54) is 31.4 Å². The van der Waals surface area contributed by atoms with Crippen LogP contribution in [0, 0.1) is 10.1 Å². The lowest BCUT2D eigenvalue weighted by Gasteiger charge is -2.22. The first-order chi connectivity index (χ1) is 11.9. The number of nitro groups is 1. The number of carbonyl (C=O) groups excluding carboxylic acids is 1. The predicted octanol–water partition coefficient (Wildman–Crippen LogP) is 2.62. The van der Waals surface area contributed by atoms with Gasteiger partial charge in [-0.25, -0.2) is 17.9 Å². The van der Waals surface area contributed by atoms with Crippen LogP contribution in [0.1, 0.15) is 11.6 Å². The molecule has 0 saturated heterocycles. The molecule has 1 aromatic carbocycles. The summed E-state index contributed by atoms with van der Waals surface area (Å²) < 4.78 is 32.0. The number of non-ortho nitro benzene ring substituents is 1. The van der Waals surface area contributed by atoms with Crippen molar-refractivity contribution in [2.45, 2.75) is 31.7 Å². The number of hydrogen-bond donors (Lipinski definition) is 1. The van der Waals surface area contributed by atoms with Crippen molar-refractivity contribution in [2.75, 3.05) is 12.9 Å². The van der Waals surface area contributed by atoms with Crippen LogP contribution < -0.4 is 4.72 Å². The third kappa shape index (κ3) is 6.69. The van der Waals surface area contributed by atoms with Gasteiger partial charge in [0, 0.05) is 20.2 Å². The van der Waals surface area contributed by atoms with Crippen LogP contribution in [-0.4, -0.2) is 40.2 Å². The Morgan fingerprint density at radius 3 is 2.27 bits per heavy atom. The highest BCUT2D eigenvalue weighted by Crippen LogP contribution is 2.25. The summed E-state index contributed by atoms with van der Waals surface area (Å²) in [6, 6.07) is 4.75. The van der Waals surface area contributed by atoms with Crippen LogP contribution in [0.2, 0.25) is 25.7 Å². The molecule has 10 heteroatoms. The fourth-order valence-electron chi connectivity index (χ4n) is 2.06. The van der Waals surface area contributed by atoms with E-state index >= 15 is 0 Å². The molecule has 1 aromatic rings. The van der Waals surface area contributed by atoms with E-state index in [4.69, 9.17) is 0 Å². The fourth-order valence-corrected chi connectivity index (χ4v) is 6.34. The Kier molecular flexibility index (Phi) is 7.24. The number of nitro benzene ring substituents is 1. The zero-order valence-corrected chi connectivity index (χ0v) is 17.1. The normalized spacial score (nSPS) is 13.1. The van der Waals surface area contributed by atoms with E-state index < -0.39 is 35.0 Å². The van der Waals surface area contributed by atoms with Crippen LogP contribution in [0.3, 0.4) is 0 Å². The lowest BCUT2D eigenvalue weighted by Crippen LogP contribution is -2.35. The van der Waals surface area contributed by atoms with E-state index in [9.17, 15) is 23.3 Å². The van der Waals surface area contributed by atoms with E-state index in [-0.39, 0.29) is 17.0 Å². The maximum atomic E-state index is 12.5. The molecule has 0 amide bonds. The Bertz CT molecular complexity index is 784. The van der Waals surface area contributed by atoms with Gasteiger partial charge < -0.3 is 4.74 Å². The first-order valence-corrected chi connectivity index (χ1v) is 13.2. The van der Waals surface area contributed by atoms with Crippen molar-refractivity contribution >= 4 is 29.8 Å². The Morgan fingerprint density at radius 1 is 1.31 bits per heavy atom. The van der Waals surface area contributed by atoms with Gasteiger partial charge in [0.2, 0.25) is 10.0 Å². The standard InChI is InChI=1S/C16H24N2O6SSi/c1-12(16(19)24-2)15(13-6-8-14(9-7-13)18(20)21)17-25(22,23)10-11-26(3,4)5/h6-9,15,17H,1,10-11H2,2-5H3. The molecule has 8 nitrogen and oxygen atoms in total. The summed E-state index contributed by atoms with van der Waals surface area (Å²) in [4.78, 5) is 22.1. The molecular formula is C16H24N2O6SSi. The summed E-state index contributed by atoms with van der Waals surface area (Å²) in [5.74, 6) is -0.832. The minimum atomic E-state index is -3.69. The van der Waals surface area contributed by atoms with Crippen molar-refractivity contribution in [3.05, 3.63) is 52.1 Å². The molecule has 0 saturated carbocycles. The van der Waals surface area contributed by atoms with Gasteiger partial charge in [-0.05, 0) is 11.6 Å². The summed E-state index contributed by atoms with van der Waals surface area (Å²) in [5, 5.41) is 10.8. The molecule has 0 aliphatic heterocycles. The van der Waals surface area contributed by atoms with Gasteiger partial charge in [0.25, 0.3) is 5.69 Å². The van der Waals surface area contributed by atoms with Gasteiger partial charge in [-0.3, -0.25) is 10.1 Å². The highest BCUT2D eigenvalue weighted by molar-refractivity contribution is 7.89. The lowest BCUT2D eigenvalue weighted by molar-refractivity contribution is -0.384. The van der Waals surface area contributed by atoms with Crippen molar-refractivity contribution in [1.82, 2.24) is 4.72 Å². The van der Waals surface area contributed by atoms with Crippen LogP contribution in [0.5, 0.6) is 0 Å². The molecule has 26 heavy (non-hydrogen) atoms. The number of esters is 1. The minimum Gasteiger partial charge on any atom is -0.466 e. The highest BCUT2D eigenvalue weighted by Gasteiger charge is 2.28. The molecule has 1 unspecified atom stereocenters. The summed E-state index contributed by atoms with van der Waals surface area (Å²) >= 11 is 0. The van der Waals surface area contributed by atoms with Gasteiger partial charge >= 0.3 is 5.97 Å². The number of carbonyl (C=O) groups is 1. The molecule has 0 heterocycles. The predicted molar refractivity (Wildman–Crippen MR) is 102 cm³/mol. The molecule has 144 valence electrons. The number of ether oxygens (including phenoxy) is 1. The van der Waals surface area contributed by atoms with Crippen molar-refractivity contribution < 1.29 is 22.9 Å². The van der Waals surface area contributed by atoms with Crippen LogP contribution in [0.25, 0.3) is 0 Å². The van der Waals surface area contributed by atoms with Crippen molar-refractivity contribution in [2.24, 2.45) is 0 Å². The van der Waals surface area contributed by atoms with Gasteiger partial charge in [-0.15, -0.1) is 0 Å². The maximum absolute atomic E-state index is 12.5. The van der Waals surface area contributed by atoms with Crippen LogP contribution in [0.15, 0.2) is 36.4 Å². The molecule has 1 atom stereocenters. The van der Waals surface area contributed by atoms with Gasteiger partial charge in [0.05, 0.1) is 29.4 Å². The van der Waals surface area contributed by atoms with Crippen molar-refractivity contribution in [3.8, 4) is 0 Å². The van der Waals surface area contributed by atoms with Crippen molar-refractivity contribution in [3.63, 3.8) is 0 Å². The Balaban J connectivity index is 3.15. The molecule has 0 aliphatic carbocycles. The average Bonchev–Trinajstić information content (AvgIpc) is 2.56. The second-order valence-electron chi connectivity index (χ2n) is 7.05. The minimum absolute atomic E-state index is 0.0688. The monoisotopic (exact) mass is 400 g/mol. The number of hydrogen-bond acceptors (Lipinski definition) is 6. The average molecular weight is 401 g/mol. The van der Waals surface area contributed by atoms with Crippen LogP contribution >= 0.6 is 0 Å². The van der Waals surface area contributed by atoms with Gasteiger partial charge in [-0.1, -0.05) is 38.4 Å². The van der Waals surface area contributed by atoms with Crippen LogP contribution in [0.4, 0.5) is 5.69 Å². The number of sulfonamides is 1. The zero-order chi connectivity index (χ0) is 20.1. The molecule has 1 rings (SSSR count). The van der Waals surface area contributed by atoms with Gasteiger partial charge in [0.1, 0.15) is 0 Å². The Hall–Kier alpha value is -2.04. The largest absolute Gasteiger partial charge is 0.466 e.